The molecule has 2 aromatic rings. The van der Waals surface area contributed by atoms with Crippen LogP contribution >= 0.6 is 0 Å². The molecule has 2 aromatic carbocycles. The minimum atomic E-state index is -1.16. The molecule has 40 heavy (non-hydrogen) atoms. The van der Waals surface area contributed by atoms with Crippen molar-refractivity contribution in [2.24, 2.45) is 9.98 Å². The highest BCUT2D eigenvalue weighted by Gasteiger charge is 2.20. The van der Waals surface area contributed by atoms with E-state index < -0.39 is 8.07 Å². The van der Waals surface area contributed by atoms with Gasteiger partial charge in [0.05, 0.1) is 0 Å². The van der Waals surface area contributed by atoms with Crippen molar-refractivity contribution in [3.8, 4) is 5.75 Å². The van der Waals surface area contributed by atoms with E-state index in [2.05, 4.69) is 77.6 Å². The third kappa shape index (κ3) is 8.97. The molecule has 10 heteroatoms. The third-order valence-electron chi connectivity index (χ3n) is 6.75. The SMILES string of the molecule is C=C1C=CN(COCC[Si](C)(C)C)/C1=N/C(=N\COc1cccc(N)c1)Nc1ccc(N2CCN(C)CC2)cc1. The number of nitrogens with zero attached hydrogens (tertiary/aromatic N) is 5. The molecule has 0 atom stereocenters. The molecule has 2 aliphatic heterocycles. The fraction of sp³-hybridized carbons (Fsp3) is 0.400. The van der Waals surface area contributed by atoms with Gasteiger partial charge in [-0.1, -0.05) is 32.3 Å². The number of nitrogens with one attached hydrogen (secondary N) is 1. The lowest BCUT2D eigenvalue weighted by Crippen LogP contribution is -2.44. The fourth-order valence-electron chi connectivity index (χ4n) is 4.22. The summed E-state index contributed by atoms with van der Waals surface area (Å²) >= 11 is 0. The zero-order valence-electron chi connectivity index (χ0n) is 24.3. The maximum absolute atomic E-state index is 5.98. The maximum Gasteiger partial charge on any atom is 0.227 e. The number of guanidine groups is 1. The number of nitrogens with two attached hydrogens (primary N) is 1. The second-order valence-corrected chi connectivity index (χ2v) is 17.0. The highest BCUT2D eigenvalue weighted by molar-refractivity contribution is 6.76. The van der Waals surface area contributed by atoms with Crippen LogP contribution in [0, 0.1) is 0 Å². The highest BCUT2D eigenvalue weighted by Crippen LogP contribution is 2.21. The number of anilines is 3. The number of likely N-dealkylation sites (N-methyl/N-ethyl adjacent to an activating group) is 1. The van der Waals surface area contributed by atoms with Crippen molar-refractivity contribution in [2.45, 2.75) is 25.7 Å². The standard InChI is InChI=1S/C30H43N7O2Si/c1-24-13-14-37(23-38-19-20-40(3,4)5)29(24)34-30(32-22-39-28-8-6-7-25(31)21-28)33-26-9-11-27(12-10-26)36-17-15-35(2)16-18-36/h6-14,21H,1,15-20,22-23,31H2,2-5H3,(H,32,33)/b34-29+. The molecule has 4 rings (SSSR count). The van der Waals surface area contributed by atoms with Crippen molar-refractivity contribution < 1.29 is 9.47 Å². The molecule has 0 radical (unpaired) electrons. The maximum atomic E-state index is 5.98. The number of amidine groups is 1. The first kappa shape index (κ1) is 29.4. The van der Waals surface area contributed by atoms with Gasteiger partial charge in [0.15, 0.2) is 6.73 Å². The Morgan fingerprint density at radius 3 is 2.52 bits per heavy atom. The fourth-order valence-corrected chi connectivity index (χ4v) is 4.97. The summed E-state index contributed by atoms with van der Waals surface area (Å²) < 4.78 is 11.8. The van der Waals surface area contributed by atoms with Crippen molar-refractivity contribution in [1.29, 1.82) is 0 Å². The minimum absolute atomic E-state index is 0.0779. The van der Waals surface area contributed by atoms with E-state index in [0.29, 0.717) is 30.0 Å². The number of hydrogen-bond acceptors (Lipinski definition) is 6. The topological polar surface area (TPSA) is 90.9 Å². The van der Waals surface area contributed by atoms with E-state index in [1.807, 2.05) is 35.4 Å². The Kier molecular flexibility index (Phi) is 10.0. The van der Waals surface area contributed by atoms with Crippen molar-refractivity contribution in [1.82, 2.24) is 9.80 Å². The monoisotopic (exact) mass is 561 g/mol. The molecule has 9 nitrogen and oxygen atoms in total. The van der Waals surface area contributed by atoms with Crippen LogP contribution in [0.15, 0.2) is 82.9 Å². The number of piperazine rings is 1. The summed E-state index contributed by atoms with van der Waals surface area (Å²) in [5.41, 5.74) is 9.42. The molecule has 0 aromatic heterocycles. The Morgan fingerprint density at radius 1 is 1.07 bits per heavy atom. The van der Waals surface area contributed by atoms with E-state index in [1.165, 1.54) is 5.69 Å². The smallest absolute Gasteiger partial charge is 0.227 e. The lowest BCUT2D eigenvalue weighted by Gasteiger charge is -2.34. The van der Waals surface area contributed by atoms with E-state index in [0.717, 1.165) is 50.1 Å². The number of nitrogen functional groups attached to an aromatic ring is 1. The van der Waals surface area contributed by atoms with E-state index in [1.54, 1.807) is 6.07 Å². The molecule has 214 valence electrons. The van der Waals surface area contributed by atoms with Gasteiger partial charge in [0.2, 0.25) is 5.96 Å². The van der Waals surface area contributed by atoms with Crippen LogP contribution in [-0.4, -0.2) is 83.0 Å². The van der Waals surface area contributed by atoms with Crippen molar-refractivity contribution in [3.05, 3.63) is 73.0 Å². The Hall–Kier alpha value is -3.60. The molecule has 1 saturated heterocycles. The largest absolute Gasteiger partial charge is 0.471 e. The summed E-state index contributed by atoms with van der Waals surface area (Å²) in [7, 11) is 1.00. The second-order valence-electron chi connectivity index (χ2n) is 11.4. The number of hydrogen-bond donors (Lipinski definition) is 2. The summed E-state index contributed by atoms with van der Waals surface area (Å²) in [6.45, 7) is 16.6. The van der Waals surface area contributed by atoms with Gasteiger partial charge < -0.3 is 35.2 Å². The Balaban J connectivity index is 1.48. The van der Waals surface area contributed by atoms with Gasteiger partial charge >= 0.3 is 0 Å². The van der Waals surface area contributed by atoms with Gasteiger partial charge in [-0.2, -0.15) is 4.99 Å². The van der Waals surface area contributed by atoms with Crippen LogP contribution in [-0.2, 0) is 4.74 Å². The predicted molar refractivity (Wildman–Crippen MR) is 170 cm³/mol. The van der Waals surface area contributed by atoms with Crippen LogP contribution in [0.4, 0.5) is 17.1 Å². The molecular weight excluding hydrogens is 518 g/mol. The molecule has 2 heterocycles. The number of benzene rings is 2. The summed E-state index contributed by atoms with van der Waals surface area (Å²) in [6.07, 6.45) is 3.88. The van der Waals surface area contributed by atoms with Crippen LogP contribution in [0.25, 0.3) is 0 Å². The first-order chi connectivity index (χ1) is 19.2. The van der Waals surface area contributed by atoms with Gasteiger partial charge in [-0.15, -0.1) is 0 Å². The predicted octanol–water partition coefficient (Wildman–Crippen LogP) is 4.92. The van der Waals surface area contributed by atoms with Crippen LogP contribution in [0.2, 0.25) is 25.7 Å². The van der Waals surface area contributed by atoms with E-state index >= 15 is 0 Å². The lowest BCUT2D eigenvalue weighted by molar-refractivity contribution is 0.0948. The first-order valence-corrected chi connectivity index (χ1v) is 17.5. The Morgan fingerprint density at radius 2 is 1.82 bits per heavy atom. The Labute approximate surface area is 239 Å². The van der Waals surface area contributed by atoms with Gasteiger partial charge in [-0.3, -0.25) is 0 Å². The zero-order chi connectivity index (χ0) is 28.5. The van der Waals surface area contributed by atoms with Crippen molar-refractivity contribution in [2.75, 3.05) is 69.2 Å². The summed E-state index contributed by atoms with van der Waals surface area (Å²) in [6, 6.07) is 16.8. The van der Waals surface area contributed by atoms with Crippen LogP contribution in [0.3, 0.4) is 0 Å². The van der Waals surface area contributed by atoms with Gasteiger partial charge in [0, 0.05) is 75.8 Å². The average Bonchev–Trinajstić information content (AvgIpc) is 3.26. The average molecular weight is 562 g/mol. The molecule has 1 fully saturated rings. The summed E-state index contributed by atoms with van der Waals surface area (Å²) in [4.78, 5) is 16.2. The summed E-state index contributed by atoms with van der Waals surface area (Å²) in [5.74, 6) is 1.76. The van der Waals surface area contributed by atoms with Crippen LogP contribution in [0.1, 0.15) is 0 Å². The van der Waals surface area contributed by atoms with Crippen molar-refractivity contribution in [3.63, 3.8) is 0 Å². The lowest BCUT2D eigenvalue weighted by atomic mass is 10.2. The van der Waals surface area contributed by atoms with Gasteiger partial charge in [0.25, 0.3) is 0 Å². The number of rotatable bonds is 10. The molecule has 0 saturated carbocycles. The molecular formula is C30H43N7O2Si. The minimum Gasteiger partial charge on any atom is -0.471 e. The Bertz CT molecular complexity index is 1230. The third-order valence-corrected chi connectivity index (χ3v) is 8.45. The van der Waals surface area contributed by atoms with Gasteiger partial charge in [-0.05, 0) is 55.6 Å². The van der Waals surface area contributed by atoms with Crippen molar-refractivity contribution >= 4 is 36.9 Å². The van der Waals surface area contributed by atoms with E-state index in [-0.39, 0.29) is 6.73 Å². The molecule has 3 N–H and O–H groups in total. The second kappa shape index (κ2) is 13.6. The first-order valence-electron chi connectivity index (χ1n) is 13.8. The zero-order valence-corrected chi connectivity index (χ0v) is 25.3. The van der Waals surface area contributed by atoms with Crippen LogP contribution in [0.5, 0.6) is 5.75 Å². The van der Waals surface area contributed by atoms with Gasteiger partial charge in [-0.25, -0.2) is 4.99 Å². The molecule has 0 bridgehead atoms. The van der Waals surface area contributed by atoms with Gasteiger partial charge in [0.1, 0.15) is 18.3 Å². The number of aliphatic imine (C=N–C) groups is 2. The molecule has 0 aliphatic carbocycles. The number of ether oxygens (including phenoxy) is 2. The molecule has 0 unspecified atom stereocenters. The highest BCUT2D eigenvalue weighted by atomic mass is 28.3. The normalized spacial score (nSPS) is 17.6. The van der Waals surface area contributed by atoms with E-state index in [9.17, 15) is 0 Å². The van der Waals surface area contributed by atoms with Crippen LogP contribution < -0.4 is 20.7 Å². The summed E-state index contributed by atoms with van der Waals surface area (Å²) in [5, 5.41) is 3.37. The molecule has 0 amide bonds. The molecule has 2 aliphatic rings. The molecule has 0 spiro atoms. The quantitative estimate of drug-likeness (QED) is 0.140. The van der Waals surface area contributed by atoms with E-state index in [4.69, 9.17) is 20.2 Å².